The van der Waals surface area contributed by atoms with Crippen molar-refractivity contribution in [2.45, 2.75) is 20.0 Å². The molecule has 1 atom stereocenters. The number of hydrogen-bond donors (Lipinski definition) is 2. The zero-order valence-corrected chi connectivity index (χ0v) is 14.1. The third kappa shape index (κ3) is 3.01. The first-order valence-corrected chi connectivity index (χ1v) is 7.66. The molecule has 0 aromatic carbocycles. The highest BCUT2D eigenvalue weighted by Crippen LogP contribution is 2.29. The third-order valence-electron chi connectivity index (χ3n) is 3.90. The number of esters is 1. The summed E-state index contributed by atoms with van der Waals surface area (Å²) >= 11 is 0. The third-order valence-corrected chi connectivity index (χ3v) is 3.90. The van der Waals surface area contributed by atoms with E-state index in [1.165, 1.54) is 14.0 Å². The first-order chi connectivity index (χ1) is 11.9. The first-order valence-electron chi connectivity index (χ1n) is 7.66. The van der Waals surface area contributed by atoms with Gasteiger partial charge in [-0.25, -0.2) is 9.31 Å². The summed E-state index contributed by atoms with van der Waals surface area (Å²) in [5.74, 6) is 0.0918. The van der Waals surface area contributed by atoms with Crippen LogP contribution in [0.15, 0.2) is 46.8 Å². The van der Waals surface area contributed by atoms with Gasteiger partial charge < -0.3 is 19.4 Å². The summed E-state index contributed by atoms with van der Waals surface area (Å²) in [5.41, 5.74) is 2.45. The average Bonchev–Trinajstić information content (AvgIpc) is 3.21. The average molecular weight is 342 g/mol. The fourth-order valence-electron chi connectivity index (χ4n) is 2.77. The molecule has 0 aliphatic rings. The van der Waals surface area contributed by atoms with Crippen molar-refractivity contribution in [3.8, 4) is 11.3 Å². The lowest BCUT2D eigenvalue weighted by Crippen LogP contribution is -2.06. The van der Waals surface area contributed by atoms with E-state index in [1.54, 1.807) is 42.0 Å². The van der Waals surface area contributed by atoms with E-state index < -0.39 is 12.1 Å². The highest BCUT2D eigenvalue weighted by Gasteiger charge is 2.18. The summed E-state index contributed by atoms with van der Waals surface area (Å²) in [6.45, 7) is 3.10. The number of rotatable bonds is 4. The van der Waals surface area contributed by atoms with Gasteiger partial charge in [0.25, 0.3) is 0 Å². The van der Waals surface area contributed by atoms with Gasteiger partial charge >= 0.3 is 5.97 Å². The number of carbonyl (C=O) groups is 1. The molecular weight excluding hydrogens is 324 g/mol. The molecule has 0 radical (unpaired) electrons. The topological polar surface area (TPSA) is 97.2 Å². The molecule has 130 valence electrons. The molecular formula is C18H18N2O5. The van der Waals surface area contributed by atoms with E-state index in [0.717, 1.165) is 5.56 Å². The molecule has 2 N–H and O–H groups in total. The van der Waals surface area contributed by atoms with Gasteiger partial charge in [0.1, 0.15) is 5.76 Å². The van der Waals surface area contributed by atoms with E-state index in [1.807, 2.05) is 6.07 Å². The molecule has 7 nitrogen and oxygen atoms in total. The Kier molecular flexibility index (Phi) is 4.33. The summed E-state index contributed by atoms with van der Waals surface area (Å²) in [4.78, 5) is 11.5. The lowest BCUT2D eigenvalue weighted by molar-refractivity contribution is 0.0566. The van der Waals surface area contributed by atoms with Gasteiger partial charge in [-0.1, -0.05) is 0 Å². The monoisotopic (exact) mass is 342 g/mol. The van der Waals surface area contributed by atoms with Gasteiger partial charge in [-0.15, -0.1) is 0 Å². The molecule has 0 aliphatic carbocycles. The number of pyridine rings is 1. The van der Waals surface area contributed by atoms with Crippen molar-refractivity contribution in [2.75, 3.05) is 7.11 Å². The number of aromatic nitrogens is 2. The number of allylic oxidation sites excluding steroid dienone is 1. The Labute approximate surface area is 143 Å². The van der Waals surface area contributed by atoms with Crippen LogP contribution in [-0.4, -0.2) is 39.0 Å². The molecule has 0 amide bonds. The van der Waals surface area contributed by atoms with E-state index in [2.05, 4.69) is 9.84 Å². The fraction of sp³-hybridized carbons (Fsp3) is 0.222. The van der Waals surface area contributed by atoms with Crippen molar-refractivity contribution in [1.82, 2.24) is 9.61 Å². The number of methoxy groups -OCH3 is 1. The van der Waals surface area contributed by atoms with Crippen molar-refractivity contribution < 1.29 is 24.2 Å². The molecule has 0 saturated carbocycles. The predicted molar refractivity (Wildman–Crippen MR) is 91.1 cm³/mol. The maximum absolute atomic E-state index is 11.5. The lowest BCUT2D eigenvalue weighted by Gasteiger charge is -2.11. The van der Waals surface area contributed by atoms with Gasteiger partial charge in [0.15, 0.2) is 0 Å². The SMILES string of the molecule is COC(=O)c1ccc(-c2ccn3ncc(/C(=C(\C)O)C(C)O)c3c2)o1. The molecule has 0 fully saturated rings. The van der Waals surface area contributed by atoms with Gasteiger partial charge in [-0.3, -0.25) is 0 Å². The molecule has 1 unspecified atom stereocenters. The number of carbonyl (C=O) groups excluding carboxylic acids is 1. The summed E-state index contributed by atoms with van der Waals surface area (Å²) in [6.07, 6.45) is 2.47. The standard InChI is InChI=1S/C18H18N2O5/c1-10(21)17(11(2)22)13-9-19-20-7-6-12(8-14(13)20)15-4-5-16(25-15)18(23)24-3/h4-10,21-22H,1-3H3/b17-11+. The minimum Gasteiger partial charge on any atom is -0.512 e. The minimum absolute atomic E-state index is 0.0290. The molecule has 0 saturated heterocycles. The summed E-state index contributed by atoms with van der Waals surface area (Å²) in [6, 6.07) is 6.83. The predicted octanol–water partition coefficient (Wildman–Crippen LogP) is 3.05. The van der Waals surface area contributed by atoms with E-state index in [-0.39, 0.29) is 11.5 Å². The Bertz CT molecular complexity index is 961. The van der Waals surface area contributed by atoms with Crippen LogP contribution in [0.25, 0.3) is 22.4 Å². The minimum atomic E-state index is -0.851. The van der Waals surface area contributed by atoms with E-state index in [9.17, 15) is 15.0 Å². The summed E-state index contributed by atoms with van der Waals surface area (Å²) in [5, 5.41) is 24.1. The first kappa shape index (κ1) is 16.8. The van der Waals surface area contributed by atoms with E-state index >= 15 is 0 Å². The number of furan rings is 1. The highest BCUT2D eigenvalue weighted by molar-refractivity contribution is 5.87. The fourth-order valence-corrected chi connectivity index (χ4v) is 2.77. The largest absolute Gasteiger partial charge is 0.512 e. The molecule has 3 aromatic heterocycles. The van der Waals surface area contributed by atoms with Crippen LogP contribution >= 0.6 is 0 Å². The molecule has 3 rings (SSSR count). The molecule has 25 heavy (non-hydrogen) atoms. The number of nitrogens with zero attached hydrogens (tertiary/aromatic N) is 2. The Morgan fingerprint density at radius 1 is 1.36 bits per heavy atom. The zero-order valence-electron chi connectivity index (χ0n) is 14.1. The van der Waals surface area contributed by atoms with Crippen molar-refractivity contribution >= 4 is 17.1 Å². The number of aliphatic hydroxyl groups excluding tert-OH is 2. The second-order valence-electron chi connectivity index (χ2n) is 5.63. The Hall–Kier alpha value is -3.06. The molecule has 3 heterocycles. The van der Waals surface area contributed by atoms with Crippen LogP contribution < -0.4 is 0 Å². The van der Waals surface area contributed by atoms with Crippen LogP contribution in [0.1, 0.15) is 30.0 Å². The second-order valence-corrected chi connectivity index (χ2v) is 5.63. The summed E-state index contributed by atoms with van der Waals surface area (Å²) < 4.78 is 11.8. The van der Waals surface area contributed by atoms with Gasteiger partial charge in [-0.2, -0.15) is 5.10 Å². The van der Waals surface area contributed by atoms with Gasteiger partial charge in [0.2, 0.25) is 5.76 Å². The van der Waals surface area contributed by atoms with Gasteiger partial charge in [-0.05, 0) is 38.1 Å². The van der Waals surface area contributed by atoms with Crippen molar-refractivity contribution in [3.63, 3.8) is 0 Å². The van der Waals surface area contributed by atoms with Crippen LogP contribution in [0.2, 0.25) is 0 Å². The molecule has 0 bridgehead atoms. The van der Waals surface area contributed by atoms with Crippen molar-refractivity contribution in [3.05, 3.63) is 53.7 Å². The quantitative estimate of drug-likeness (QED) is 0.559. The normalized spacial score (nSPS) is 13.6. The Morgan fingerprint density at radius 2 is 2.12 bits per heavy atom. The molecule has 7 heteroatoms. The number of hydrogen-bond acceptors (Lipinski definition) is 6. The lowest BCUT2D eigenvalue weighted by atomic mass is 10.0. The zero-order chi connectivity index (χ0) is 18.1. The summed E-state index contributed by atoms with van der Waals surface area (Å²) in [7, 11) is 1.29. The maximum atomic E-state index is 11.5. The van der Waals surface area contributed by atoms with E-state index in [0.29, 0.717) is 22.4 Å². The maximum Gasteiger partial charge on any atom is 0.373 e. The highest BCUT2D eigenvalue weighted by atomic mass is 16.5. The van der Waals surface area contributed by atoms with Crippen LogP contribution in [0.4, 0.5) is 0 Å². The smallest absolute Gasteiger partial charge is 0.373 e. The number of ether oxygens (including phenoxy) is 1. The number of fused-ring (bicyclic) bond motifs is 1. The van der Waals surface area contributed by atoms with Crippen LogP contribution in [0.5, 0.6) is 0 Å². The van der Waals surface area contributed by atoms with Crippen molar-refractivity contribution in [1.29, 1.82) is 0 Å². The number of aliphatic hydroxyl groups is 2. The molecule has 3 aromatic rings. The Balaban J connectivity index is 2.11. The van der Waals surface area contributed by atoms with Crippen molar-refractivity contribution in [2.24, 2.45) is 0 Å². The Morgan fingerprint density at radius 3 is 2.76 bits per heavy atom. The second kappa shape index (κ2) is 6.45. The van der Waals surface area contributed by atoms with Crippen LogP contribution in [0.3, 0.4) is 0 Å². The van der Waals surface area contributed by atoms with Gasteiger partial charge in [0, 0.05) is 22.9 Å². The van der Waals surface area contributed by atoms with Crippen LogP contribution in [0, 0.1) is 0 Å². The van der Waals surface area contributed by atoms with Gasteiger partial charge in [0.05, 0.1) is 30.7 Å². The van der Waals surface area contributed by atoms with Crippen LogP contribution in [-0.2, 0) is 4.74 Å². The molecule has 0 spiro atoms. The molecule has 0 aliphatic heterocycles. The van der Waals surface area contributed by atoms with E-state index in [4.69, 9.17) is 4.42 Å².